The number of hydrogen-bond acceptors (Lipinski definition) is 5. The van der Waals surface area contributed by atoms with Gasteiger partial charge < -0.3 is 20.1 Å². The summed E-state index contributed by atoms with van der Waals surface area (Å²) in [4.78, 5) is 37.8. The number of ether oxygens (including phenoxy) is 2. The highest BCUT2D eigenvalue weighted by Crippen LogP contribution is 2.33. The van der Waals surface area contributed by atoms with Gasteiger partial charge in [-0.05, 0) is 37.3 Å². The summed E-state index contributed by atoms with van der Waals surface area (Å²) in [7, 11) is 1.49. The van der Waals surface area contributed by atoms with Crippen LogP contribution in [-0.4, -0.2) is 37.5 Å². The number of methoxy groups -OCH3 is 1. The van der Waals surface area contributed by atoms with Crippen LogP contribution in [0, 0.1) is 0 Å². The Morgan fingerprint density at radius 3 is 2.64 bits per heavy atom. The Balaban J connectivity index is 1.77. The first-order valence-electron chi connectivity index (χ1n) is 8.71. The first kappa shape index (κ1) is 19.2. The van der Waals surface area contributed by atoms with E-state index in [9.17, 15) is 14.4 Å². The summed E-state index contributed by atoms with van der Waals surface area (Å²) in [6, 6.07) is 12.0. The molecule has 3 rings (SSSR count). The molecule has 28 heavy (non-hydrogen) atoms. The molecule has 2 aromatic rings. The first-order valence-corrected chi connectivity index (χ1v) is 8.71. The van der Waals surface area contributed by atoms with E-state index in [4.69, 9.17) is 9.47 Å². The minimum Gasteiger partial charge on any atom is -0.495 e. The van der Waals surface area contributed by atoms with E-state index in [0.29, 0.717) is 28.6 Å². The van der Waals surface area contributed by atoms with E-state index in [1.165, 1.54) is 18.9 Å². The molecule has 8 heteroatoms. The number of anilines is 3. The zero-order valence-corrected chi connectivity index (χ0v) is 15.8. The Labute approximate surface area is 162 Å². The molecular formula is C20H21N3O5. The molecule has 3 amide bonds. The minimum atomic E-state index is -0.671. The van der Waals surface area contributed by atoms with Gasteiger partial charge in [0.15, 0.2) is 6.10 Å². The van der Waals surface area contributed by atoms with E-state index in [1.54, 1.807) is 49.4 Å². The smallest absolute Gasteiger partial charge is 0.268 e. The van der Waals surface area contributed by atoms with Gasteiger partial charge >= 0.3 is 0 Å². The number of rotatable bonds is 5. The van der Waals surface area contributed by atoms with Crippen molar-refractivity contribution in [2.24, 2.45) is 0 Å². The minimum absolute atomic E-state index is 0.162. The van der Waals surface area contributed by atoms with Gasteiger partial charge in [0.05, 0.1) is 18.5 Å². The summed E-state index contributed by atoms with van der Waals surface area (Å²) in [5.41, 5.74) is 1.46. The number of para-hydroxylation sites is 2. The summed E-state index contributed by atoms with van der Waals surface area (Å²) in [5.74, 6) is 0.101. The molecule has 1 heterocycles. The molecule has 0 fully saturated rings. The molecular weight excluding hydrogens is 362 g/mol. The van der Waals surface area contributed by atoms with Crippen LogP contribution in [0.15, 0.2) is 42.5 Å². The lowest BCUT2D eigenvalue weighted by atomic mass is 10.2. The molecule has 1 atom stereocenters. The van der Waals surface area contributed by atoms with Gasteiger partial charge in [-0.2, -0.15) is 0 Å². The maximum atomic E-state index is 12.6. The predicted molar refractivity (Wildman–Crippen MR) is 105 cm³/mol. The van der Waals surface area contributed by atoms with Crippen molar-refractivity contribution in [2.75, 3.05) is 29.2 Å². The average molecular weight is 383 g/mol. The molecule has 0 bridgehead atoms. The summed E-state index contributed by atoms with van der Waals surface area (Å²) >= 11 is 0. The molecule has 1 unspecified atom stereocenters. The van der Waals surface area contributed by atoms with Gasteiger partial charge in [-0.25, -0.2) is 0 Å². The van der Waals surface area contributed by atoms with Crippen LogP contribution in [-0.2, 0) is 14.4 Å². The monoisotopic (exact) mass is 383 g/mol. The van der Waals surface area contributed by atoms with E-state index >= 15 is 0 Å². The highest BCUT2D eigenvalue weighted by atomic mass is 16.5. The highest BCUT2D eigenvalue weighted by Gasteiger charge is 2.32. The number of nitrogens with zero attached hydrogens (tertiary/aromatic N) is 1. The lowest BCUT2D eigenvalue weighted by molar-refractivity contribution is -0.127. The molecule has 0 aliphatic carbocycles. The topological polar surface area (TPSA) is 97.0 Å². The van der Waals surface area contributed by atoms with Gasteiger partial charge in [-0.15, -0.1) is 0 Å². The van der Waals surface area contributed by atoms with Crippen LogP contribution in [0.4, 0.5) is 17.1 Å². The van der Waals surface area contributed by atoms with E-state index in [-0.39, 0.29) is 24.3 Å². The van der Waals surface area contributed by atoms with Crippen molar-refractivity contribution in [3.05, 3.63) is 42.5 Å². The third-order valence-electron chi connectivity index (χ3n) is 4.17. The second-order valence-electron chi connectivity index (χ2n) is 6.30. The maximum absolute atomic E-state index is 12.6. The molecule has 0 saturated heterocycles. The van der Waals surface area contributed by atoms with Crippen molar-refractivity contribution in [3.8, 4) is 11.5 Å². The Hall–Kier alpha value is -3.55. The number of carbonyl (C=O) groups excluding carboxylic acids is 3. The largest absolute Gasteiger partial charge is 0.495 e. The average Bonchev–Trinajstić information content (AvgIpc) is 2.65. The molecule has 0 saturated carbocycles. The van der Waals surface area contributed by atoms with Crippen LogP contribution < -0.4 is 25.0 Å². The third-order valence-corrected chi connectivity index (χ3v) is 4.17. The molecule has 1 aliphatic heterocycles. The lowest BCUT2D eigenvalue weighted by Gasteiger charge is -2.32. The summed E-state index contributed by atoms with van der Waals surface area (Å²) in [5, 5.41) is 5.39. The highest BCUT2D eigenvalue weighted by molar-refractivity contribution is 6.06. The fourth-order valence-corrected chi connectivity index (χ4v) is 2.94. The van der Waals surface area contributed by atoms with Crippen LogP contribution in [0.1, 0.15) is 13.8 Å². The van der Waals surface area contributed by atoms with E-state index in [1.807, 2.05) is 0 Å². The van der Waals surface area contributed by atoms with Gasteiger partial charge in [0.2, 0.25) is 11.8 Å². The Morgan fingerprint density at radius 1 is 1.18 bits per heavy atom. The molecule has 0 aromatic heterocycles. The van der Waals surface area contributed by atoms with Crippen LogP contribution in [0.3, 0.4) is 0 Å². The molecule has 1 aliphatic rings. The molecule has 0 radical (unpaired) electrons. The van der Waals surface area contributed by atoms with Crippen LogP contribution in [0.25, 0.3) is 0 Å². The summed E-state index contributed by atoms with van der Waals surface area (Å²) in [6.07, 6.45) is -0.671. The zero-order chi connectivity index (χ0) is 20.3. The van der Waals surface area contributed by atoms with Crippen LogP contribution in [0.2, 0.25) is 0 Å². The van der Waals surface area contributed by atoms with Crippen LogP contribution in [0.5, 0.6) is 11.5 Å². The lowest BCUT2D eigenvalue weighted by Crippen LogP contribution is -2.47. The standard InChI is InChI=1S/C20H21N3O5/c1-12-20(26)23(16-6-4-5-7-18(16)28-12)11-19(25)22-14-8-9-17(27-3)15(10-14)21-13(2)24/h4-10,12H,11H2,1-3H3,(H,21,24)(H,22,25). The van der Waals surface area contributed by atoms with E-state index in [2.05, 4.69) is 10.6 Å². The van der Waals surface area contributed by atoms with Gasteiger partial charge in [0.25, 0.3) is 5.91 Å². The van der Waals surface area contributed by atoms with E-state index in [0.717, 1.165) is 0 Å². The molecule has 8 nitrogen and oxygen atoms in total. The van der Waals surface area contributed by atoms with Gasteiger partial charge in [-0.3, -0.25) is 19.3 Å². The first-order chi connectivity index (χ1) is 13.4. The van der Waals surface area contributed by atoms with Crippen molar-refractivity contribution < 1.29 is 23.9 Å². The third kappa shape index (κ3) is 4.06. The Kier molecular flexibility index (Phi) is 5.49. The number of carbonyl (C=O) groups is 3. The molecule has 0 spiro atoms. The van der Waals surface area contributed by atoms with Crippen molar-refractivity contribution in [1.29, 1.82) is 0 Å². The van der Waals surface area contributed by atoms with Crippen molar-refractivity contribution in [2.45, 2.75) is 20.0 Å². The van der Waals surface area contributed by atoms with E-state index < -0.39 is 6.10 Å². The second kappa shape index (κ2) is 7.99. The summed E-state index contributed by atoms with van der Waals surface area (Å²) < 4.78 is 10.8. The fourth-order valence-electron chi connectivity index (χ4n) is 2.94. The summed E-state index contributed by atoms with van der Waals surface area (Å²) in [6.45, 7) is 2.87. The SMILES string of the molecule is COc1ccc(NC(=O)CN2C(=O)C(C)Oc3ccccc32)cc1NC(C)=O. The Bertz CT molecular complexity index is 928. The zero-order valence-electron chi connectivity index (χ0n) is 15.8. The quantitative estimate of drug-likeness (QED) is 0.826. The van der Waals surface area contributed by atoms with Gasteiger partial charge in [0.1, 0.15) is 18.0 Å². The van der Waals surface area contributed by atoms with Crippen LogP contribution >= 0.6 is 0 Å². The van der Waals surface area contributed by atoms with Gasteiger partial charge in [0, 0.05) is 12.6 Å². The Morgan fingerprint density at radius 2 is 1.93 bits per heavy atom. The number of benzene rings is 2. The number of fused-ring (bicyclic) bond motifs is 1. The van der Waals surface area contributed by atoms with Crippen molar-refractivity contribution in [1.82, 2.24) is 0 Å². The molecule has 2 N–H and O–H groups in total. The van der Waals surface area contributed by atoms with Crippen molar-refractivity contribution >= 4 is 34.8 Å². The number of hydrogen-bond donors (Lipinski definition) is 2. The normalized spacial score (nSPS) is 15.3. The fraction of sp³-hybridized carbons (Fsp3) is 0.250. The second-order valence-corrected chi connectivity index (χ2v) is 6.30. The maximum Gasteiger partial charge on any atom is 0.268 e. The molecule has 146 valence electrons. The van der Waals surface area contributed by atoms with Crippen molar-refractivity contribution in [3.63, 3.8) is 0 Å². The number of amides is 3. The number of nitrogens with one attached hydrogen (secondary N) is 2. The molecule has 2 aromatic carbocycles. The predicted octanol–water partition coefficient (Wildman–Crippen LogP) is 2.41. The van der Waals surface area contributed by atoms with Gasteiger partial charge in [-0.1, -0.05) is 12.1 Å².